The maximum atomic E-state index is 12.5. The first-order chi connectivity index (χ1) is 9.71. The van der Waals surface area contributed by atoms with Gasteiger partial charge in [-0.2, -0.15) is 13.2 Å². The minimum absolute atomic E-state index is 0.0833. The predicted molar refractivity (Wildman–Crippen MR) is 70.0 cm³/mol. The second-order valence-corrected chi connectivity index (χ2v) is 4.45. The van der Waals surface area contributed by atoms with E-state index in [0.29, 0.717) is 5.56 Å². The lowest BCUT2D eigenvalue weighted by Crippen LogP contribution is -2.51. The van der Waals surface area contributed by atoms with Gasteiger partial charge in [0.2, 0.25) is 5.91 Å². The van der Waals surface area contributed by atoms with Crippen LogP contribution in [0.2, 0.25) is 0 Å². The topological polar surface area (TPSA) is 104 Å². The highest BCUT2D eigenvalue weighted by Gasteiger charge is 2.34. The van der Waals surface area contributed by atoms with E-state index in [0.717, 1.165) is 12.1 Å². The summed E-state index contributed by atoms with van der Waals surface area (Å²) >= 11 is 0. The number of halogens is 3. The third kappa shape index (κ3) is 4.11. The second-order valence-electron chi connectivity index (χ2n) is 4.45. The molecule has 3 N–H and O–H groups in total. The standard InChI is InChI=1S/C12H14F3N5O/c1-11(10(16)21,18-6-7-19-20-17)8-2-4-9(5-3-8)12(13,14)15/h2-5,18H,6-7H2,1H3,(H2,16,21). The number of nitrogens with two attached hydrogens (primary N) is 1. The van der Waals surface area contributed by atoms with E-state index in [1.54, 1.807) is 0 Å². The highest BCUT2D eigenvalue weighted by atomic mass is 19.4. The van der Waals surface area contributed by atoms with Gasteiger partial charge in [0.1, 0.15) is 5.54 Å². The van der Waals surface area contributed by atoms with E-state index in [4.69, 9.17) is 11.3 Å². The average molecular weight is 301 g/mol. The molecule has 21 heavy (non-hydrogen) atoms. The van der Waals surface area contributed by atoms with Crippen LogP contribution in [0.3, 0.4) is 0 Å². The Kier molecular flexibility index (Phi) is 5.17. The summed E-state index contributed by atoms with van der Waals surface area (Å²) in [6, 6.07) is 4.14. The summed E-state index contributed by atoms with van der Waals surface area (Å²) in [6.45, 7) is 1.69. The number of carbonyl (C=O) groups is 1. The van der Waals surface area contributed by atoms with Crippen molar-refractivity contribution in [2.45, 2.75) is 18.6 Å². The van der Waals surface area contributed by atoms with Gasteiger partial charge in [0.25, 0.3) is 0 Å². The molecule has 0 bridgehead atoms. The Morgan fingerprint density at radius 3 is 2.29 bits per heavy atom. The van der Waals surface area contributed by atoms with Gasteiger partial charge in [-0.25, -0.2) is 0 Å². The number of azide groups is 1. The van der Waals surface area contributed by atoms with Crippen molar-refractivity contribution >= 4 is 5.91 Å². The molecule has 1 unspecified atom stereocenters. The van der Waals surface area contributed by atoms with E-state index in [2.05, 4.69) is 15.3 Å². The Labute approximate surface area is 118 Å². The summed E-state index contributed by atoms with van der Waals surface area (Å²) in [6.07, 6.45) is -4.45. The molecule has 0 saturated heterocycles. The maximum absolute atomic E-state index is 12.5. The largest absolute Gasteiger partial charge is 0.416 e. The number of alkyl halides is 3. The van der Waals surface area contributed by atoms with E-state index < -0.39 is 23.2 Å². The minimum Gasteiger partial charge on any atom is -0.368 e. The monoisotopic (exact) mass is 301 g/mol. The molecule has 1 amide bonds. The Morgan fingerprint density at radius 1 is 1.33 bits per heavy atom. The first kappa shape index (κ1) is 16.8. The smallest absolute Gasteiger partial charge is 0.368 e. The summed E-state index contributed by atoms with van der Waals surface area (Å²) in [5, 5.41) is 6.08. The third-order valence-electron chi connectivity index (χ3n) is 3.04. The Morgan fingerprint density at radius 2 is 1.86 bits per heavy atom. The van der Waals surface area contributed by atoms with Crippen LogP contribution in [-0.2, 0) is 16.5 Å². The number of primary amides is 1. The van der Waals surface area contributed by atoms with Crippen LogP contribution in [0.1, 0.15) is 18.1 Å². The first-order valence-corrected chi connectivity index (χ1v) is 5.95. The molecule has 114 valence electrons. The van der Waals surface area contributed by atoms with Crippen molar-refractivity contribution in [3.63, 3.8) is 0 Å². The van der Waals surface area contributed by atoms with Gasteiger partial charge in [0.05, 0.1) is 5.56 Å². The molecule has 0 aliphatic heterocycles. The molecule has 0 saturated carbocycles. The number of benzene rings is 1. The molecule has 0 aliphatic rings. The predicted octanol–water partition coefficient (Wildman–Crippen LogP) is 2.31. The molecule has 1 rings (SSSR count). The van der Waals surface area contributed by atoms with Crippen molar-refractivity contribution in [1.29, 1.82) is 0 Å². The van der Waals surface area contributed by atoms with Crippen LogP contribution in [0.5, 0.6) is 0 Å². The van der Waals surface area contributed by atoms with Crippen molar-refractivity contribution in [2.75, 3.05) is 13.1 Å². The summed E-state index contributed by atoms with van der Waals surface area (Å²) in [5.74, 6) is -0.747. The van der Waals surface area contributed by atoms with Crippen LogP contribution < -0.4 is 11.1 Å². The SMILES string of the molecule is CC(NCCN=[N+]=[N-])(C(N)=O)c1ccc(C(F)(F)F)cc1. The normalized spacial score (nSPS) is 14.1. The average Bonchev–Trinajstić information content (AvgIpc) is 2.42. The zero-order valence-corrected chi connectivity index (χ0v) is 11.2. The van der Waals surface area contributed by atoms with Gasteiger partial charge < -0.3 is 5.73 Å². The number of nitrogens with one attached hydrogen (secondary N) is 1. The fraction of sp³-hybridized carbons (Fsp3) is 0.417. The Hall–Kier alpha value is -2.25. The van der Waals surface area contributed by atoms with Crippen LogP contribution in [0.4, 0.5) is 13.2 Å². The molecule has 0 spiro atoms. The van der Waals surface area contributed by atoms with Crippen LogP contribution in [0.25, 0.3) is 10.4 Å². The van der Waals surface area contributed by atoms with E-state index in [9.17, 15) is 18.0 Å². The minimum atomic E-state index is -4.45. The Bertz CT molecular complexity index is 551. The van der Waals surface area contributed by atoms with Gasteiger partial charge >= 0.3 is 6.18 Å². The fourth-order valence-electron chi connectivity index (χ4n) is 1.72. The second kappa shape index (κ2) is 6.47. The van der Waals surface area contributed by atoms with Crippen molar-refractivity contribution in [2.24, 2.45) is 10.8 Å². The molecule has 1 atom stereocenters. The number of amides is 1. The maximum Gasteiger partial charge on any atom is 0.416 e. The molecule has 0 heterocycles. The van der Waals surface area contributed by atoms with Crippen LogP contribution in [0.15, 0.2) is 29.4 Å². The van der Waals surface area contributed by atoms with Crippen LogP contribution in [-0.4, -0.2) is 19.0 Å². The van der Waals surface area contributed by atoms with Gasteiger partial charge in [-0.3, -0.25) is 10.1 Å². The summed E-state index contributed by atoms with van der Waals surface area (Å²) in [5.41, 5.74) is 11.6. The van der Waals surface area contributed by atoms with Crippen molar-refractivity contribution in [1.82, 2.24) is 5.32 Å². The van der Waals surface area contributed by atoms with E-state index in [-0.39, 0.29) is 13.1 Å². The highest BCUT2D eigenvalue weighted by molar-refractivity contribution is 5.85. The van der Waals surface area contributed by atoms with Crippen LogP contribution in [0, 0.1) is 0 Å². The number of hydrogen-bond acceptors (Lipinski definition) is 3. The molecule has 0 aliphatic carbocycles. The molecule has 0 aromatic heterocycles. The lowest BCUT2D eigenvalue weighted by Gasteiger charge is -2.28. The quantitative estimate of drug-likeness (QED) is 0.364. The first-order valence-electron chi connectivity index (χ1n) is 5.95. The van der Waals surface area contributed by atoms with Crippen LogP contribution >= 0.6 is 0 Å². The fourth-order valence-corrected chi connectivity index (χ4v) is 1.72. The number of nitrogens with zero attached hydrogens (tertiary/aromatic N) is 3. The van der Waals surface area contributed by atoms with Gasteiger partial charge in [0, 0.05) is 18.0 Å². The number of carbonyl (C=O) groups excluding carboxylic acids is 1. The lowest BCUT2D eigenvalue weighted by molar-refractivity contribution is -0.137. The lowest BCUT2D eigenvalue weighted by atomic mass is 9.90. The molecular formula is C12H14F3N5O. The summed E-state index contributed by atoms with van der Waals surface area (Å²) < 4.78 is 37.5. The van der Waals surface area contributed by atoms with Gasteiger partial charge in [0.15, 0.2) is 0 Å². The van der Waals surface area contributed by atoms with Gasteiger partial charge in [-0.15, -0.1) is 0 Å². The Balaban J connectivity index is 2.99. The van der Waals surface area contributed by atoms with Crippen molar-refractivity contribution in [3.8, 4) is 0 Å². The van der Waals surface area contributed by atoms with E-state index >= 15 is 0 Å². The molecular weight excluding hydrogens is 287 g/mol. The number of rotatable bonds is 6. The molecule has 1 aromatic carbocycles. The van der Waals surface area contributed by atoms with E-state index in [1.165, 1.54) is 19.1 Å². The molecule has 0 fully saturated rings. The number of hydrogen-bond donors (Lipinski definition) is 2. The van der Waals surface area contributed by atoms with Gasteiger partial charge in [-0.05, 0) is 30.2 Å². The molecule has 0 radical (unpaired) electrons. The zero-order valence-electron chi connectivity index (χ0n) is 11.2. The zero-order chi connectivity index (χ0) is 16.1. The summed E-state index contributed by atoms with van der Waals surface area (Å²) in [4.78, 5) is 14.2. The van der Waals surface area contributed by atoms with E-state index in [1.807, 2.05) is 0 Å². The molecule has 6 nitrogen and oxygen atoms in total. The molecule has 1 aromatic rings. The molecule has 9 heteroatoms. The van der Waals surface area contributed by atoms with Crippen molar-refractivity contribution in [3.05, 3.63) is 45.8 Å². The third-order valence-corrected chi connectivity index (χ3v) is 3.04. The van der Waals surface area contributed by atoms with Crippen molar-refractivity contribution < 1.29 is 18.0 Å². The van der Waals surface area contributed by atoms with Gasteiger partial charge in [-0.1, -0.05) is 17.2 Å². The highest BCUT2D eigenvalue weighted by Crippen LogP contribution is 2.30. The summed E-state index contributed by atoms with van der Waals surface area (Å²) in [7, 11) is 0.